The van der Waals surface area contributed by atoms with E-state index in [1.165, 1.54) is 0 Å². The molecule has 1 aliphatic rings. The summed E-state index contributed by atoms with van der Waals surface area (Å²) < 4.78 is 25.4. The summed E-state index contributed by atoms with van der Waals surface area (Å²) in [5.41, 5.74) is 1.02. The monoisotopic (exact) mass is 372 g/mol. The van der Waals surface area contributed by atoms with Gasteiger partial charge in [0, 0.05) is 24.7 Å². The van der Waals surface area contributed by atoms with Crippen molar-refractivity contribution in [2.75, 3.05) is 20.1 Å². The van der Waals surface area contributed by atoms with Crippen LogP contribution in [-0.2, 0) is 15.6 Å². The Balaban J connectivity index is 1.85. The lowest BCUT2D eigenvalue weighted by atomic mass is 10.0. The third-order valence-electron chi connectivity index (χ3n) is 4.81. The van der Waals surface area contributed by atoms with E-state index in [1.54, 1.807) is 54.6 Å². The van der Waals surface area contributed by atoms with Crippen LogP contribution in [0, 0.1) is 0 Å². The van der Waals surface area contributed by atoms with E-state index in [-0.39, 0.29) is 22.6 Å². The molecule has 1 heterocycles. The van der Waals surface area contributed by atoms with Crippen molar-refractivity contribution in [3.8, 4) is 0 Å². The van der Waals surface area contributed by atoms with Gasteiger partial charge in [-0.25, -0.2) is 8.42 Å². The van der Waals surface area contributed by atoms with Crippen molar-refractivity contribution in [2.45, 2.75) is 29.5 Å². The first kappa shape index (κ1) is 18.6. The van der Waals surface area contributed by atoms with Gasteiger partial charge in [0.1, 0.15) is 0 Å². The molecule has 26 heavy (non-hydrogen) atoms. The van der Waals surface area contributed by atoms with Crippen LogP contribution < -0.4 is 5.32 Å². The van der Waals surface area contributed by atoms with Crippen molar-refractivity contribution in [1.29, 1.82) is 0 Å². The molecule has 5 nitrogen and oxygen atoms in total. The molecule has 1 unspecified atom stereocenters. The Morgan fingerprint density at radius 2 is 1.81 bits per heavy atom. The Morgan fingerprint density at radius 3 is 2.54 bits per heavy atom. The topological polar surface area (TPSA) is 66.5 Å². The second-order valence-corrected chi connectivity index (χ2v) is 8.60. The highest BCUT2D eigenvalue weighted by Crippen LogP contribution is 2.21. The molecule has 1 fully saturated rings. The van der Waals surface area contributed by atoms with Gasteiger partial charge < -0.3 is 10.2 Å². The Labute approximate surface area is 154 Å². The van der Waals surface area contributed by atoms with Crippen molar-refractivity contribution >= 4 is 15.7 Å². The average molecular weight is 372 g/mol. The summed E-state index contributed by atoms with van der Waals surface area (Å²) in [4.78, 5) is 15.1. The largest absolute Gasteiger partial charge is 0.337 e. The molecule has 1 N–H and O–H groups in total. The van der Waals surface area contributed by atoms with E-state index in [1.807, 2.05) is 11.9 Å². The molecule has 2 aromatic rings. The SMILES string of the molecule is CNC1CCCN(C(=O)c2ccccc2CS(=O)(=O)c2ccccc2)C1. The zero-order chi connectivity index (χ0) is 18.6. The molecule has 0 radical (unpaired) electrons. The van der Waals surface area contributed by atoms with Crippen molar-refractivity contribution < 1.29 is 13.2 Å². The predicted octanol–water partition coefficient (Wildman–Crippen LogP) is 2.48. The number of hydrogen-bond acceptors (Lipinski definition) is 4. The summed E-state index contributed by atoms with van der Waals surface area (Å²) in [6.07, 6.45) is 1.99. The van der Waals surface area contributed by atoms with Crippen LogP contribution in [0.4, 0.5) is 0 Å². The lowest BCUT2D eigenvalue weighted by Gasteiger charge is -2.33. The minimum Gasteiger partial charge on any atom is -0.337 e. The van der Waals surface area contributed by atoms with Crippen LogP contribution >= 0.6 is 0 Å². The number of likely N-dealkylation sites (N-methyl/N-ethyl adjacent to an activating group) is 1. The van der Waals surface area contributed by atoms with Gasteiger partial charge in [0.25, 0.3) is 5.91 Å². The highest BCUT2D eigenvalue weighted by atomic mass is 32.2. The standard InChI is InChI=1S/C20H24N2O3S/c1-21-17-9-7-13-22(14-17)20(23)19-12-6-5-8-16(19)15-26(24,25)18-10-3-2-4-11-18/h2-6,8,10-12,17,21H,7,9,13-15H2,1H3. The van der Waals surface area contributed by atoms with Crippen LogP contribution in [0.2, 0.25) is 0 Å². The molecule has 138 valence electrons. The van der Waals surface area contributed by atoms with Crippen LogP contribution in [0.1, 0.15) is 28.8 Å². The number of carbonyl (C=O) groups is 1. The second kappa shape index (κ2) is 8.01. The fourth-order valence-electron chi connectivity index (χ4n) is 3.34. The number of benzene rings is 2. The van der Waals surface area contributed by atoms with Gasteiger partial charge in [-0.2, -0.15) is 0 Å². The van der Waals surface area contributed by atoms with Gasteiger partial charge in [0.05, 0.1) is 10.6 Å². The number of nitrogens with one attached hydrogen (secondary N) is 1. The molecule has 0 aliphatic carbocycles. The minimum absolute atomic E-state index is 0.0937. The van der Waals surface area contributed by atoms with Gasteiger partial charge in [0.2, 0.25) is 0 Å². The average Bonchev–Trinajstić information content (AvgIpc) is 2.68. The van der Waals surface area contributed by atoms with Crippen molar-refractivity contribution in [3.05, 3.63) is 65.7 Å². The van der Waals surface area contributed by atoms with E-state index >= 15 is 0 Å². The molecule has 1 saturated heterocycles. The van der Waals surface area contributed by atoms with Gasteiger partial charge in [-0.3, -0.25) is 4.79 Å². The molecule has 1 amide bonds. The second-order valence-electron chi connectivity index (χ2n) is 6.61. The van der Waals surface area contributed by atoms with Gasteiger partial charge in [0.15, 0.2) is 9.84 Å². The fourth-order valence-corrected chi connectivity index (χ4v) is 4.74. The first-order valence-electron chi connectivity index (χ1n) is 8.83. The van der Waals surface area contributed by atoms with E-state index in [4.69, 9.17) is 0 Å². The Hall–Kier alpha value is -2.18. The smallest absolute Gasteiger partial charge is 0.254 e. The summed E-state index contributed by atoms with van der Waals surface area (Å²) in [6, 6.07) is 15.7. The van der Waals surface area contributed by atoms with Gasteiger partial charge in [-0.1, -0.05) is 36.4 Å². The highest BCUT2D eigenvalue weighted by Gasteiger charge is 2.26. The predicted molar refractivity (Wildman–Crippen MR) is 102 cm³/mol. The molecule has 3 rings (SSSR count). The van der Waals surface area contributed by atoms with Crippen LogP contribution in [-0.4, -0.2) is 45.4 Å². The van der Waals surface area contributed by atoms with E-state index in [0.717, 1.165) is 12.8 Å². The van der Waals surface area contributed by atoms with Crippen LogP contribution in [0.25, 0.3) is 0 Å². The third kappa shape index (κ3) is 4.14. The summed E-state index contributed by atoms with van der Waals surface area (Å²) in [5, 5.41) is 3.22. The molecular formula is C20H24N2O3S. The van der Waals surface area contributed by atoms with E-state index in [2.05, 4.69) is 5.32 Å². The maximum atomic E-state index is 13.0. The fraction of sp³-hybridized carbons (Fsp3) is 0.350. The van der Waals surface area contributed by atoms with Crippen LogP contribution in [0.15, 0.2) is 59.5 Å². The summed E-state index contributed by atoms with van der Waals surface area (Å²) in [7, 11) is -1.60. The molecule has 0 aromatic heterocycles. The maximum Gasteiger partial charge on any atom is 0.254 e. The quantitative estimate of drug-likeness (QED) is 0.876. The molecular weight excluding hydrogens is 348 g/mol. The molecule has 0 saturated carbocycles. The van der Waals surface area contributed by atoms with Gasteiger partial charge >= 0.3 is 0 Å². The summed E-state index contributed by atoms with van der Waals surface area (Å²) in [6.45, 7) is 1.35. The molecule has 1 aliphatic heterocycles. The number of likely N-dealkylation sites (tertiary alicyclic amines) is 1. The number of amides is 1. The van der Waals surface area contributed by atoms with E-state index < -0.39 is 9.84 Å². The Bertz CT molecular complexity index is 866. The molecule has 0 spiro atoms. The number of hydrogen-bond donors (Lipinski definition) is 1. The lowest BCUT2D eigenvalue weighted by molar-refractivity contribution is 0.0697. The molecule has 0 bridgehead atoms. The maximum absolute atomic E-state index is 13.0. The molecule has 6 heteroatoms. The zero-order valence-corrected chi connectivity index (χ0v) is 15.7. The number of carbonyl (C=O) groups excluding carboxylic acids is 1. The minimum atomic E-state index is -3.50. The van der Waals surface area contributed by atoms with Crippen molar-refractivity contribution in [1.82, 2.24) is 10.2 Å². The molecule has 2 aromatic carbocycles. The van der Waals surface area contributed by atoms with Crippen LogP contribution in [0.3, 0.4) is 0 Å². The number of sulfone groups is 1. The highest BCUT2D eigenvalue weighted by molar-refractivity contribution is 7.90. The summed E-state index contributed by atoms with van der Waals surface area (Å²) >= 11 is 0. The van der Waals surface area contributed by atoms with Gasteiger partial charge in [-0.05, 0) is 43.7 Å². The normalized spacial score (nSPS) is 17.9. The number of nitrogens with zero attached hydrogens (tertiary/aromatic N) is 1. The number of rotatable bonds is 5. The number of piperidine rings is 1. The van der Waals surface area contributed by atoms with Crippen molar-refractivity contribution in [3.63, 3.8) is 0 Å². The van der Waals surface area contributed by atoms with E-state index in [9.17, 15) is 13.2 Å². The molecule has 1 atom stereocenters. The Morgan fingerprint density at radius 1 is 1.12 bits per heavy atom. The first-order chi connectivity index (χ1) is 12.5. The van der Waals surface area contributed by atoms with Crippen molar-refractivity contribution in [2.24, 2.45) is 0 Å². The zero-order valence-electron chi connectivity index (χ0n) is 14.9. The van der Waals surface area contributed by atoms with Crippen LogP contribution in [0.5, 0.6) is 0 Å². The Kier molecular flexibility index (Phi) is 5.74. The van der Waals surface area contributed by atoms with Gasteiger partial charge in [-0.15, -0.1) is 0 Å². The first-order valence-corrected chi connectivity index (χ1v) is 10.5. The lowest BCUT2D eigenvalue weighted by Crippen LogP contribution is -2.47. The third-order valence-corrected chi connectivity index (χ3v) is 6.49. The summed E-state index contributed by atoms with van der Waals surface area (Å²) in [5.74, 6) is -0.272. The van der Waals surface area contributed by atoms with E-state index in [0.29, 0.717) is 24.2 Å².